The van der Waals surface area contributed by atoms with Gasteiger partial charge in [0.1, 0.15) is 0 Å². The summed E-state index contributed by atoms with van der Waals surface area (Å²) in [5, 5.41) is 9.02. The average Bonchev–Trinajstić information content (AvgIpc) is 2.97. The Kier molecular flexibility index (Phi) is 5.33. The third-order valence-electron chi connectivity index (χ3n) is 3.71. The van der Waals surface area contributed by atoms with Crippen LogP contribution in [0.4, 0.5) is 5.69 Å². The van der Waals surface area contributed by atoms with Crippen molar-refractivity contribution in [2.75, 3.05) is 5.32 Å². The van der Waals surface area contributed by atoms with Crippen molar-refractivity contribution in [2.45, 2.75) is 26.3 Å². The Morgan fingerprint density at radius 1 is 1.25 bits per heavy atom. The van der Waals surface area contributed by atoms with Gasteiger partial charge in [-0.3, -0.25) is 0 Å². The highest BCUT2D eigenvalue weighted by Crippen LogP contribution is 2.25. The number of hydrogen-bond acceptors (Lipinski definition) is 3. The van der Waals surface area contributed by atoms with Crippen LogP contribution in [0.2, 0.25) is 5.02 Å². The monoisotopic (exact) mass is 375 g/mol. The van der Waals surface area contributed by atoms with Gasteiger partial charge in [-0.2, -0.15) is 0 Å². The van der Waals surface area contributed by atoms with E-state index in [-0.39, 0.29) is 6.04 Å². The van der Waals surface area contributed by atoms with Gasteiger partial charge in [-0.15, -0.1) is 11.3 Å². The molecule has 2 N–H and O–H groups in total. The molecule has 1 aromatic heterocycles. The van der Waals surface area contributed by atoms with E-state index < -0.39 is 0 Å². The topological polar surface area (TPSA) is 37.0 Å². The smallest absolute Gasteiger partial charge is 0.171 e. The number of aromatic nitrogens is 1. The molecule has 2 aromatic carbocycles. The summed E-state index contributed by atoms with van der Waals surface area (Å²) in [5.74, 6) is 0. The van der Waals surface area contributed by atoms with Gasteiger partial charge in [-0.1, -0.05) is 30.7 Å². The Bertz CT molecular complexity index is 858. The van der Waals surface area contributed by atoms with E-state index in [0.29, 0.717) is 5.11 Å². The molecule has 0 aliphatic carbocycles. The van der Waals surface area contributed by atoms with Gasteiger partial charge >= 0.3 is 0 Å². The van der Waals surface area contributed by atoms with Crippen molar-refractivity contribution >= 4 is 56.2 Å². The summed E-state index contributed by atoms with van der Waals surface area (Å²) in [6, 6.07) is 14.0. The van der Waals surface area contributed by atoms with Crippen LogP contribution in [0.25, 0.3) is 10.2 Å². The number of anilines is 1. The predicted molar refractivity (Wildman–Crippen MR) is 108 cm³/mol. The molecular formula is C18H18ClN3S2. The summed E-state index contributed by atoms with van der Waals surface area (Å²) >= 11 is 13.1. The number of thiazole rings is 1. The van der Waals surface area contributed by atoms with E-state index in [1.54, 1.807) is 11.3 Å². The second kappa shape index (κ2) is 7.47. The molecule has 1 atom stereocenters. The number of aryl methyl sites for hydroxylation is 1. The van der Waals surface area contributed by atoms with E-state index in [1.165, 1.54) is 4.70 Å². The van der Waals surface area contributed by atoms with Crippen LogP contribution >= 0.6 is 35.2 Å². The number of nitrogens with zero attached hydrogens (tertiary/aromatic N) is 1. The Morgan fingerprint density at radius 3 is 2.71 bits per heavy atom. The third-order valence-corrected chi connectivity index (χ3v) is 5.35. The molecule has 0 aliphatic rings. The number of hydrogen-bond donors (Lipinski definition) is 2. The van der Waals surface area contributed by atoms with Gasteiger partial charge in [-0.05, 0) is 61.5 Å². The second-order valence-electron chi connectivity index (χ2n) is 5.52. The number of nitrogens with one attached hydrogen (secondary N) is 2. The van der Waals surface area contributed by atoms with E-state index in [1.807, 2.05) is 36.4 Å². The zero-order valence-corrected chi connectivity index (χ0v) is 15.9. The molecule has 0 saturated heterocycles. The Hall–Kier alpha value is -1.69. The fourth-order valence-electron chi connectivity index (χ4n) is 2.40. The molecule has 24 heavy (non-hydrogen) atoms. The number of rotatable bonds is 4. The Balaban J connectivity index is 1.66. The average molecular weight is 376 g/mol. The molecule has 0 radical (unpaired) electrons. The molecule has 6 heteroatoms. The van der Waals surface area contributed by atoms with Crippen LogP contribution in [0.1, 0.15) is 30.5 Å². The molecule has 0 spiro atoms. The van der Waals surface area contributed by atoms with Crippen LogP contribution in [0.3, 0.4) is 0 Å². The summed E-state index contributed by atoms with van der Waals surface area (Å²) in [6.07, 6.45) is 0.959. The number of thiocarbonyl (C=S) groups is 1. The lowest BCUT2D eigenvalue weighted by Gasteiger charge is -2.17. The van der Waals surface area contributed by atoms with Crippen LogP contribution in [0, 0.1) is 0 Å². The fraction of sp³-hybridized carbons (Fsp3) is 0.222. The van der Waals surface area contributed by atoms with E-state index in [4.69, 9.17) is 23.8 Å². The zero-order chi connectivity index (χ0) is 17.1. The molecule has 0 amide bonds. The molecule has 0 fully saturated rings. The van der Waals surface area contributed by atoms with Crippen molar-refractivity contribution in [2.24, 2.45) is 0 Å². The first-order chi connectivity index (χ1) is 11.5. The van der Waals surface area contributed by atoms with Gasteiger partial charge in [-0.25, -0.2) is 4.98 Å². The van der Waals surface area contributed by atoms with Crippen LogP contribution in [0.5, 0.6) is 0 Å². The highest BCUT2D eigenvalue weighted by molar-refractivity contribution is 7.80. The maximum Gasteiger partial charge on any atom is 0.171 e. The van der Waals surface area contributed by atoms with E-state index in [9.17, 15) is 0 Å². The van der Waals surface area contributed by atoms with Gasteiger partial charge in [0.25, 0.3) is 0 Å². The van der Waals surface area contributed by atoms with Crippen molar-refractivity contribution < 1.29 is 0 Å². The van der Waals surface area contributed by atoms with Gasteiger partial charge in [0, 0.05) is 10.7 Å². The summed E-state index contributed by atoms with van der Waals surface area (Å²) < 4.78 is 1.17. The van der Waals surface area contributed by atoms with E-state index in [0.717, 1.165) is 33.2 Å². The summed E-state index contributed by atoms with van der Waals surface area (Å²) in [5.41, 5.74) is 3.14. The van der Waals surface area contributed by atoms with Gasteiger partial charge in [0.05, 0.1) is 21.3 Å². The highest BCUT2D eigenvalue weighted by atomic mass is 35.5. The van der Waals surface area contributed by atoms with Crippen LogP contribution < -0.4 is 10.6 Å². The van der Waals surface area contributed by atoms with Crippen LogP contribution in [0.15, 0.2) is 42.5 Å². The second-order valence-corrected chi connectivity index (χ2v) is 7.48. The van der Waals surface area contributed by atoms with Gasteiger partial charge in [0.2, 0.25) is 0 Å². The quantitative estimate of drug-likeness (QED) is 0.585. The van der Waals surface area contributed by atoms with E-state index in [2.05, 4.69) is 35.5 Å². The van der Waals surface area contributed by atoms with Crippen LogP contribution in [-0.4, -0.2) is 10.1 Å². The van der Waals surface area contributed by atoms with Gasteiger partial charge in [0.15, 0.2) is 5.11 Å². The third kappa shape index (κ3) is 4.04. The van der Waals surface area contributed by atoms with Crippen molar-refractivity contribution in [3.8, 4) is 0 Å². The lowest BCUT2D eigenvalue weighted by atomic mass is 10.1. The zero-order valence-electron chi connectivity index (χ0n) is 13.5. The number of fused-ring (bicyclic) bond motifs is 1. The lowest BCUT2D eigenvalue weighted by molar-refractivity contribution is 0.723. The molecular weight excluding hydrogens is 358 g/mol. The minimum Gasteiger partial charge on any atom is -0.356 e. The molecule has 0 unspecified atom stereocenters. The first-order valence-electron chi connectivity index (χ1n) is 7.77. The summed E-state index contributed by atoms with van der Waals surface area (Å²) in [6.45, 7) is 4.19. The Morgan fingerprint density at radius 2 is 2.00 bits per heavy atom. The molecule has 3 aromatic rings. The van der Waals surface area contributed by atoms with Crippen molar-refractivity contribution in [1.29, 1.82) is 0 Å². The first kappa shape index (κ1) is 17.1. The fourth-order valence-corrected chi connectivity index (χ4v) is 3.77. The largest absolute Gasteiger partial charge is 0.356 e. The first-order valence-corrected chi connectivity index (χ1v) is 9.38. The van der Waals surface area contributed by atoms with Crippen molar-refractivity contribution in [3.05, 3.63) is 58.1 Å². The lowest BCUT2D eigenvalue weighted by Crippen LogP contribution is -2.30. The molecule has 3 rings (SSSR count). The predicted octanol–water partition coefficient (Wildman–Crippen LogP) is 5.56. The molecule has 0 aliphatic heterocycles. The summed E-state index contributed by atoms with van der Waals surface area (Å²) in [4.78, 5) is 4.58. The number of benzene rings is 2. The van der Waals surface area contributed by atoms with Crippen LogP contribution in [-0.2, 0) is 6.42 Å². The molecule has 0 saturated carbocycles. The summed E-state index contributed by atoms with van der Waals surface area (Å²) in [7, 11) is 0. The van der Waals surface area contributed by atoms with E-state index >= 15 is 0 Å². The molecule has 1 heterocycles. The molecule has 124 valence electrons. The normalized spacial score (nSPS) is 12.1. The minimum absolute atomic E-state index is 0.0982. The Labute approximate surface area is 156 Å². The standard InChI is InChI=1S/C18H18ClN3S2/c1-3-17-22-15-9-8-14(10-16(15)24-17)21-18(23)20-11(2)12-4-6-13(19)7-5-12/h4-11H,3H2,1-2H3,(H2,20,21,23)/t11-/m1/s1. The highest BCUT2D eigenvalue weighted by Gasteiger charge is 2.08. The van der Waals surface area contributed by atoms with Gasteiger partial charge < -0.3 is 10.6 Å². The number of halogens is 1. The van der Waals surface area contributed by atoms with Crippen molar-refractivity contribution in [1.82, 2.24) is 10.3 Å². The molecule has 0 bridgehead atoms. The maximum absolute atomic E-state index is 5.93. The minimum atomic E-state index is 0.0982. The SMILES string of the molecule is CCc1nc2ccc(NC(=S)N[C@H](C)c3ccc(Cl)cc3)cc2s1. The van der Waals surface area contributed by atoms with Crippen molar-refractivity contribution in [3.63, 3.8) is 0 Å². The maximum atomic E-state index is 5.93. The molecule has 3 nitrogen and oxygen atoms in total.